The second-order valence-corrected chi connectivity index (χ2v) is 4.75. The summed E-state index contributed by atoms with van der Waals surface area (Å²) < 4.78 is 0. The van der Waals surface area contributed by atoms with E-state index in [2.05, 4.69) is 41.4 Å². The van der Waals surface area contributed by atoms with Gasteiger partial charge in [0.15, 0.2) is 0 Å². The number of hydrogen-bond acceptors (Lipinski definition) is 3. The molecule has 1 aromatic rings. The second-order valence-electron chi connectivity index (χ2n) is 4.75. The summed E-state index contributed by atoms with van der Waals surface area (Å²) in [6.45, 7) is 5.77. The van der Waals surface area contributed by atoms with Crippen molar-refractivity contribution in [2.75, 3.05) is 19.6 Å². The maximum atomic E-state index is 9.96. The van der Waals surface area contributed by atoms with Gasteiger partial charge in [0.25, 0.3) is 0 Å². The number of nitrogens with zero attached hydrogens (tertiary/aromatic N) is 1. The monoisotopic (exact) mass is 234 g/mol. The first-order chi connectivity index (χ1) is 8.31. The lowest BCUT2D eigenvalue weighted by atomic mass is 10.1. The van der Waals surface area contributed by atoms with E-state index >= 15 is 0 Å². The number of aliphatic hydroxyl groups is 1. The smallest absolute Gasteiger partial charge is 0.0831 e. The van der Waals surface area contributed by atoms with E-state index in [1.54, 1.807) is 0 Å². The number of β-amino-alcohol motifs (C(OH)–C–C–N with tert-alkyl or cyclic N) is 1. The standard InChI is InChI=1S/C14H22N2O/c1-2-8-16(13-9-15-10-14(13)17)11-12-6-4-3-5-7-12/h3-7,13-15,17H,2,8-11H2,1H3. The minimum atomic E-state index is -0.231. The molecule has 1 aliphatic rings. The van der Waals surface area contributed by atoms with Crippen LogP contribution in [-0.4, -0.2) is 41.8 Å². The zero-order valence-corrected chi connectivity index (χ0v) is 10.5. The highest BCUT2D eigenvalue weighted by Crippen LogP contribution is 2.14. The molecule has 0 aromatic heterocycles. The number of rotatable bonds is 5. The Kier molecular flexibility index (Phi) is 4.54. The van der Waals surface area contributed by atoms with Gasteiger partial charge in [-0.15, -0.1) is 0 Å². The lowest BCUT2D eigenvalue weighted by Gasteiger charge is -2.30. The van der Waals surface area contributed by atoms with Crippen molar-refractivity contribution in [3.63, 3.8) is 0 Å². The first kappa shape index (κ1) is 12.6. The average molecular weight is 234 g/mol. The predicted molar refractivity (Wildman–Crippen MR) is 69.8 cm³/mol. The molecule has 1 aromatic carbocycles. The molecule has 1 fully saturated rings. The van der Waals surface area contributed by atoms with Crippen LogP contribution >= 0.6 is 0 Å². The first-order valence-corrected chi connectivity index (χ1v) is 6.48. The van der Waals surface area contributed by atoms with E-state index in [0.29, 0.717) is 0 Å². The van der Waals surface area contributed by atoms with Gasteiger partial charge in [-0.3, -0.25) is 4.90 Å². The highest BCUT2D eigenvalue weighted by Gasteiger charge is 2.29. The molecule has 2 unspecified atom stereocenters. The highest BCUT2D eigenvalue weighted by molar-refractivity contribution is 5.14. The zero-order chi connectivity index (χ0) is 12.1. The molecule has 1 saturated heterocycles. The molecule has 1 heterocycles. The molecule has 17 heavy (non-hydrogen) atoms. The fraction of sp³-hybridized carbons (Fsp3) is 0.571. The van der Waals surface area contributed by atoms with Gasteiger partial charge in [-0.1, -0.05) is 37.3 Å². The van der Waals surface area contributed by atoms with Crippen molar-refractivity contribution in [1.82, 2.24) is 10.2 Å². The van der Waals surface area contributed by atoms with Gasteiger partial charge in [-0.25, -0.2) is 0 Å². The van der Waals surface area contributed by atoms with Crippen LogP contribution in [0.4, 0.5) is 0 Å². The van der Waals surface area contributed by atoms with Gasteiger partial charge < -0.3 is 10.4 Å². The number of nitrogens with one attached hydrogen (secondary N) is 1. The minimum Gasteiger partial charge on any atom is -0.390 e. The summed E-state index contributed by atoms with van der Waals surface area (Å²) in [5.41, 5.74) is 1.32. The quantitative estimate of drug-likeness (QED) is 0.804. The molecule has 0 aliphatic carbocycles. The Labute approximate surface area is 103 Å². The third-order valence-corrected chi connectivity index (χ3v) is 3.36. The lowest BCUT2D eigenvalue weighted by Crippen LogP contribution is -2.43. The van der Waals surface area contributed by atoms with Crippen LogP contribution in [-0.2, 0) is 6.54 Å². The molecule has 0 radical (unpaired) electrons. The third-order valence-electron chi connectivity index (χ3n) is 3.36. The van der Waals surface area contributed by atoms with Gasteiger partial charge in [0, 0.05) is 25.7 Å². The van der Waals surface area contributed by atoms with Crippen molar-refractivity contribution in [2.24, 2.45) is 0 Å². The van der Waals surface area contributed by atoms with Gasteiger partial charge >= 0.3 is 0 Å². The predicted octanol–water partition coefficient (Wildman–Crippen LogP) is 1.23. The van der Waals surface area contributed by atoms with Crippen molar-refractivity contribution in [3.05, 3.63) is 35.9 Å². The van der Waals surface area contributed by atoms with E-state index in [1.807, 2.05) is 6.07 Å². The molecular weight excluding hydrogens is 212 g/mol. The maximum absolute atomic E-state index is 9.96. The van der Waals surface area contributed by atoms with Crippen LogP contribution in [0, 0.1) is 0 Å². The fourth-order valence-corrected chi connectivity index (χ4v) is 2.49. The largest absolute Gasteiger partial charge is 0.390 e. The molecule has 0 bridgehead atoms. The van der Waals surface area contributed by atoms with Gasteiger partial charge in [0.2, 0.25) is 0 Å². The van der Waals surface area contributed by atoms with Crippen molar-refractivity contribution < 1.29 is 5.11 Å². The summed E-state index contributed by atoms with van der Waals surface area (Å²) in [5, 5.41) is 13.2. The van der Waals surface area contributed by atoms with E-state index in [9.17, 15) is 5.11 Å². The molecule has 2 atom stereocenters. The van der Waals surface area contributed by atoms with E-state index in [-0.39, 0.29) is 12.1 Å². The van der Waals surface area contributed by atoms with Crippen LogP contribution in [0.2, 0.25) is 0 Å². The van der Waals surface area contributed by atoms with Gasteiger partial charge in [-0.2, -0.15) is 0 Å². The average Bonchev–Trinajstić information content (AvgIpc) is 2.76. The highest BCUT2D eigenvalue weighted by atomic mass is 16.3. The Morgan fingerprint density at radius 3 is 2.65 bits per heavy atom. The summed E-state index contributed by atoms with van der Waals surface area (Å²) >= 11 is 0. The summed E-state index contributed by atoms with van der Waals surface area (Å²) in [6, 6.07) is 10.7. The van der Waals surface area contributed by atoms with Crippen molar-refractivity contribution in [3.8, 4) is 0 Å². The normalized spacial score (nSPS) is 24.4. The lowest BCUT2D eigenvalue weighted by molar-refractivity contribution is 0.0781. The first-order valence-electron chi connectivity index (χ1n) is 6.48. The van der Waals surface area contributed by atoms with Crippen LogP contribution in [0.3, 0.4) is 0 Å². The van der Waals surface area contributed by atoms with Crippen molar-refractivity contribution in [2.45, 2.75) is 32.0 Å². The summed E-state index contributed by atoms with van der Waals surface area (Å²) in [5.74, 6) is 0. The number of hydrogen-bond donors (Lipinski definition) is 2. The molecule has 1 aliphatic heterocycles. The molecule has 3 heteroatoms. The maximum Gasteiger partial charge on any atom is 0.0831 e. The second kappa shape index (κ2) is 6.15. The zero-order valence-electron chi connectivity index (χ0n) is 10.5. The van der Waals surface area contributed by atoms with E-state index < -0.39 is 0 Å². The minimum absolute atomic E-state index is 0.231. The summed E-state index contributed by atoms with van der Waals surface area (Å²) in [6.07, 6.45) is 0.890. The SMILES string of the molecule is CCCN(Cc1ccccc1)C1CNCC1O. The molecular formula is C14H22N2O. The topological polar surface area (TPSA) is 35.5 Å². The molecule has 0 spiro atoms. The van der Waals surface area contributed by atoms with Crippen LogP contribution in [0.15, 0.2) is 30.3 Å². The number of aliphatic hydroxyl groups excluding tert-OH is 1. The molecule has 2 N–H and O–H groups in total. The Morgan fingerprint density at radius 1 is 1.29 bits per heavy atom. The van der Waals surface area contributed by atoms with Crippen molar-refractivity contribution in [1.29, 1.82) is 0 Å². The summed E-state index contributed by atoms with van der Waals surface area (Å²) in [4.78, 5) is 2.39. The van der Waals surface area contributed by atoms with Gasteiger partial charge in [-0.05, 0) is 18.5 Å². The summed E-state index contributed by atoms with van der Waals surface area (Å²) in [7, 11) is 0. The Morgan fingerprint density at radius 2 is 2.06 bits per heavy atom. The molecule has 2 rings (SSSR count). The van der Waals surface area contributed by atoms with Crippen LogP contribution in [0.5, 0.6) is 0 Å². The van der Waals surface area contributed by atoms with Crippen LogP contribution in [0.25, 0.3) is 0 Å². The Bertz CT molecular complexity index is 328. The van der Waals surface area contributed by atoms with Crippen LogP contribution < -0.4 is 5.32 Å². The number of benzene rings is 1. The molecule has 3 nitrogen and oxygen atoms in total. The van der Waals surface area contributed by atoms with Gasteiger partial charge in [0.1, 0.15) is 0 Å². The van der Waals surface area contributed by atoms with E-state index in [4.69, 9.17) is 0 Å². The Hall–Kier alpha value is -0.900. The van der Waals surface area contributed by atoms with Gasteiger partial charge in [0.05, 0.1) is 6.10 Å². The third kappa shape index (κ3) is 3.28. The fourth-order valence-electron chi connectivity index (χ4n) is 2.49. The van der Waals surface area contributed by atoms with E-state index in [1.165, 1.54) is 5.56 Å². The van der Waals surface area contributed by atoms with E-state index in [0.717, 1.165) is 32.6 Å². The molecule has 0 saturated carbocycles. The molecule has 0 amide bonds. The Balaban J connectivity index is 2.02. The van der Waals surface area contributed by atoms with Crippen LogP contribution in [0.1, 0.15) is 18.9 Å². The van der Waals surface area contributed by atoms with Crippen molar-refractivity contribution >= 4 is 0 Å². The molecule has 94 valence electrons.